The summed E-state index contributed by atoms with van der Waals surface area (Å²) in [5.41, 5.74) is 6.74. The van der Waals surface area contributed by atoms with E-state index in [9.17, 15) is 8.42 Å². The lowest BCUT2D eigenvalue weighted by molar-refractivity contribution is 0.503. The Labute approximate surface area is 121 Å². The minimum absolute atomic E-state index is 0.109. The van der Waals surface area contributed by atoms with Crippen LogP contribution >= 0.6 is 0 Å². The molecule has 0 aromatic heterocycles. The zero-order chi connectivity index (χ0) is 14.8. The molecule has 3 N–H and O–H groups in total. The predicted molar refractivity (Wildman–Crippen MR) is 81.3 cm³/mol. The Morgan fingerprint density at radius 1 is 1.35 bits per heavy atom. The number of sulfonamides is 1. The largest absolute Gasteiger partial charge is 0.369 e. The van der Waals surface area contributed by atoms with Gasteiger partial charge in [-0.15, -0.1) is 0 Å². The van der Waals surface area contributed by atoms with Crippen LogP contribution in [0.15, 0.2) is 29.2 Å². The Morgan fingerprint density at radius 2 is 2.05 bits per heavy atom. The molecule has 1 atom stereocenters. The lowest BCUT2D eigenvalue weighted by atomic mass is 10.1. The van der Waals surface area contributed by atoms with Crippen LogP contribution in [-0.4, -0.2) is 33.6 Å². The summed E-state index contributed by atoms with van der Waals surface area (Å²) in [5, 5.41) is 0. The molecule has 0 aliphatic carbocycles. The van der Waals surface area contributed by atoms with Gasteiger partial charge in [0.2, 0.25) is 10.0 Å². The first-order valence-electron chi connectivity index (χ1n) is 7.02. The summed E-state index contributed by atoms with van der Waals surface area (Å²) in [6.45, 7) is 5.18. The zero-order valence-electron chi connectivity index (χ0n) is 12.0. The molecule has 0 radical (unpaired) electrons. The highest BCUT2D eigenvalue weighted by atomic mass is 32.2. The molecule has 20 heavy (non-hydrogen) atoms. The molecule has 0 amide bonds. The van der Waals surface area contributed by atoms with Crippen LogP contribution in [-0.2, 0) is 10.0 Å². The Kier molecular flexibility index (Phi) is 4.67. The highest BCUT2D eigenvalue weighted by Crippen LogP contribution is 2.27. The highest BCUT2D eigenvalue weighted by Gasteiger charge is 2.24. The van der Waals surface area contributed by atoms with Gasteiger partial charge in [0.1, 0.15) is 4.90 Å². The average molecular weight is 297 g/mol. The second-order valence-electron chi connectivity index (χ2n) is 5.59. The van der Waals surface area contributed by atoms with Gasteiger partial charge in [0.05, 0.1) is 5.69 Å². The van der Waals surface area contributed by atoms with Crippen molar-refractivity contribution in [3.8, 4) is 0 Å². The smallest absolute Gasteiger partial charge is 0.242 e. The number of piperidine rings is 1. The average Bonchev–Trinajstić information content (AvgIpc) is 2.37. The molecule has 112 valence electrons. The summed E-state index contributed by atoms with van der Waals surface area (Å²) in [4.78, 5) is 2.41. The molecular weight excluding hydrogens is 274 g/mol. The van der Waals surface area contributed by atoms with Crippen LogP contribution in [0.1, 0.15) is 26.7 Å². The third-order valence-corrected chi connectivity index (χ3v) is 5.05. The number of nitrogens with two attached hydrogens (primary N) is 1. The van der Waals surface area contributed by atoms with Crippen molar-refractivity contribution in [1.29, 1.82) is 0 Å². The van der Waals surface area contributed by atoms with Gasteiger partial charge in [-0.25, -0.2) is 13.1 Å². The maximum Gasteiger partial charge on any atom is 0.242 e. The quantitative estimate of drug-likeness (QED) is 0.878. The van der Waals surface area contributed by atoms with Gasteiger partial charge < -0.3 is 10.6 Å². The van der Waals surface area contributed by atoms with E-state index in [0.29, 0.717) is 11.4 Å². The Bertz CT molecular complexity index is 557. The van der Waals surface area contributed by atoms with E-state index < -0.39 is 10.0 Å². The minimum Gasteiger partial charge on any atom is -0.369 e. The number of benzene rings is 1. The summed E-state index contributed by atoms with van der Waals surface area (Å²) in [7, 11) is -3.49. The fourth-order valence-electron chi connectivity index (χ4n) is 2.55. The third-order valence-electron chi connectivity index (χ3n) is 3.34. The van der Waals surface area contributed by atoms with Crippen molar-refractivity contribution < 1.29 is 8.42 Å². The number of nitrogens with one attached hydrogen (secondary N) is 1. The molecule has 1 heterocycles. The lowest BCUT2D eigenvalue weighted by Crippen LogP contribution is -2.43. The van der Waals surface area contributed by atoms with Crippen molar-refractivity contribution in [1.82, 2.24) is 4.72 Å². The first-order valence-corrected chi connectivity index (χ1v) is 8.50. The second kappa shape index (κ2) is 6.11. The molecule has 1 aromatic carbocycles. The summed E-state index contributed by atoms with van der Waals surface area (Å²) >= 11 is 0. The number of rotatable bonds is 4. The van der Waals surface area contributed by atoms with Crippen LogP contribution in [0.3, 0.4) is 0 Å². The van der Waals surface area contributed by atoms with Crippen LogP contribution in [0.4, 0.5) is 5.69 Å². The van der Waals surface area contributed by atoms with E-state index in [0.717, 1.165) is 25.1 Å². The number of para-hydroxylation sites is 1. The SMILES string of the molecule is CC(C)NS(=O)(=O)c1ccccc1N1CCCC(N)C1. The predicted octanol–water partition coefficient (Wildman–Crippen LogP) is 1.30. The number of nitrogens with zero attached hydrogens (tertiary/aromatic N) is 1. The van der Waals surface area contributed by atoms with E-state index in [4.69, 9.17) is 5.73 Å². The van der Waals surface area contributed by atoms with E-state index in [1.54, 1.807) is 12.1 Å². The molecule has 1 unspecified atom stereocenters. The van der Waals surface area contributed by atoms with Crippen molar-refractivity contribution in [3.05, 3.63) is 24.3 Å². The molecule has 0 saturated carbocycles. The molecule has 1 saturated heterocycles. The highest BCUT2D eigenvalue weighted by molar-refractivity contribution is 7.89. The monoisotopic (exact) mass is 297 g/mol. The summed E-state index contributed by atoms with van der Waals surface area (Å²) < 4.78 is 27.5. The van der Waals surface area contributed by atoms with Gasteiger partial charge in [0.15, 0.2) is 0 Å². The normalized spacial score (nSPS) is 20.4. The van der Waals surface area contributed by atoms with Crippen LogP contribution in [0.2, 0.25) is 0 Å². The molecule has 0 bridgehead atoms. The topological polar surface area (TPSA) is 75.4 Å². The zero-order valence-corrected chi connectivity index (χ0v) is 12.9. The van der Waals surface area contributed by atoms with Crippen LogP contribution in [0.5, 0.6) is 0 Å². The Balaban J connectivity index is 2.35. The molecule has 1 fully saturated rings. The molecule has 1 aliphatic rings. The Hall–Kier alpha value is -1.11. The van der Waals surface area contributed by atoms with Gasteiger partial charge >= 0.3 is 0 Å². The Morgan fingerprint density at radius 3 is 2.70 bits per heavy atom. The van der Waals surface area contributed by atoms with Crippen LogP contribution in [0.25, 0.3) is 0 Å². The van der Waals surface area contributed by atoms with Crippen molar-refractivity contribution in [2.24, 2.45) is 5.73 Å². The third kappa shape index (κ3) is 3.50. The lowest BCUT2D eigenvalue weighted by Gasteiger charge is -2.33. The van der Waals surface area contributed by atoms with Crippen molar-refractivity contribution in [3.63, 3.8) is 0 Å². The van der Waals surface area contributed by atoms with Gasteiger partial charge in [-0.3, -0.25) is 0 Å². The van der Waals surface area contributed by atoms with E-state index in [2.05, 4.69) is 9.62 Å². The molecular formula is C14H23N3O2S. The van der Waals surface area contributed by atoms with E-state index in [-0.39, 0.29) is 12.1 Å². The number of hydrogen-bond acceptors (Lipinski definition) is 4. The maximum absolute atomic E-state index is 12.4. The number of anilines is 1. The fourth-order valence-corrected chi connectivity index (χ4v) is 4.03. The van der Waals surface area contributed by atoms with Gasteiger partial charge in [0.25, 0.3) is 0 Å². The van der Waals surface area contributed by atoms with Gasteiger partial charge in [-0.1, -0.05) is 12.1 Å². The number of hydrogen-bond donors (Lipinski definition) is 2. The minimum atomic E-state index is -3.49. The van der Waals surface area contributed by atoms with Crippen molar-refractivity contribution >= 4 is 15.7 Å². The first kappa shape index (κ1) is 15.3. The molecule has 5 nitrogen and oxygen atoms in total. The van der Waals surface area contributed by atoms with E-state index in [1.165, 1.54) is 0 Å². The molecule has 6 heteroatoms. The van der Waals surface area contributed by atoms with Crippen LogP contribution in [0, 0.1) is 0 Å². The van der Waals surface area contributed by atoms with Crippen molar-refractivity contribution in [2.75, 3.05) is 18.0 Å². The summed E-state index contributed by atoms with van der Waals surface area (Å²) in [5.74, 6) is 0. The molecule has 2 rings (SSSR count). The van der Waals surface area contributed by atoms with E-state index in [1.807, 2.05) is 26.0 Å². The maximum atomic E-state index is 12.4. The molecule has 0 spiro atoms. The first-order chi connectivity index (χ1) is 9.40. The summed E-state index contributed by atoms with van der Waals surface area (Å²) in [6.07, 6.45) is 1.99. The summed E-state index contributed by atoms with van der Waals surface area (Å²) in [6, 6.07) is 7.11. The second-order valence-corrected chi connectivity index (χ2v) is 7.27. The van der Waals surface area contributed by atoms with Crippen molar-refractivity contribution in [2.45, 2.75) is 43.7 Å². The van der Waals surface area contributed by atoms with Gasteiger partial charge in [0, 0.05) is 25.2 Å². The molecule has 1 aliphatic heterocycles. The van der Waals surface area contributed by atoms with Gasteiger partial charge in [-0.05, 0) is 38.8 Å². The van der Waals surface area contributed by atoms with Gasteiger partial charge in [-0.2, -0.15) is 0 Å². The van der Waals surface area contributed by atoms with Crippen LogP contribution < -0.4 is 15.4 Å². The van der Waals surface area contributed by atoms with E-state index >= 15 is 0 Å². The fraction of sp³-hybridized carbons (Fsp3) is 0.571. The standard InChI is InChI=1S/C14H23N3O2S/c1-11(2)16-20(18,19)14-8-4-3-7-13(14)17-9-5-6-12(15)10-17/h3-4,7-8,11-12,16H,5-6,9-10,15H2,1-2H3. The molecule has 1 aromatic rings.